The van der Waals surface area contributed by atoms with Crippen LogP contribution in [0.4, 0.5) is 17.1 Å². The summed E-state index contributed by atoms with van der Waals surface area (Å²) < 4.78 is 28.1. The molecule has 0 aliphatic heterocycles. The minimum absolute atomic E-state index is 0.0716. The lowest BCUT2D eigenvalue weighted by Gasteiger charge is -2.12. The number of non-ortho nitro benzene ring substituents is 1. The van der Waals surface area contributed by atoms with E-state index in [1.807, 2.05) is 30.3 Å². The molecule has 0 unspecified atom stereocenters. The van der Waals surface area contributed by atoms with Crippen molar-refractivity contribution in [2.24, 2.45) is 5.10 Å². The number of nitro benzene ring substituents is 1. The number of para-hydroxylation sites is 1. The Morgan fingerprint density at radius 3 is 2.34 bits per heavy atom. The average Bonchev–Trinajstić information content (AvgIpc) is 2.70. The van der Waals surface area contributed by atoms with Gasteiger partial charge in [-0.1, -0.05) is 54.1 Å². The highest BCUT2D eigenvalue weighted by molar-refractivity contribution is 7.93. The summed E-state index contributed by atoms with van der Waals surface area (Å²) in [7, 11) is -4.19. The van der Waals surface area contributed by atoms with Crippen molar-refractivity contribution < 1.29 is 13.3 Å². The first-order valence-electron chi connectivity index (χ1n) is 8.27. The molecule has 3 rings (SSSR count). The number of hydrogen-bond acceptors (Lipinski definition) is 6. The Balaban J connectivity index is 1.96. The van der Waals surface area contributed by atoms with Crippen molar-refractivity contribution in [1.29, 1.82) is 0 Å². The molecule has 0 radical (unpaired) electrons. The molecule has 0 bridgehead atoms. The largest absolute Gasteiger partial charge is 0.278 e. The molecule has 2 N–H and O–H groups in total. The molecule has 0 saturated heterocycles. The molecule has 0 atom stereocenters. The molecule has 3 aromatic carbocycles. The fraction of sp³-hybridized carbons (Fsp3) is 0. The van der Waals surface area contributed by atoms with Crippen LogP contribution < -0.4 is 10.1 Å². The minimum Gasteiger partial charge on any atom is -0.278 e. The van der Waals surface area contributed by atoms with Gasteiger partial charge in [0.25, 0.3) is 15.7 Å². The zero-order valence-electron chi connectivity index (χ0n) is 14.8. The van der Waals surface area contributed by atoms with Crippen molar-refractivity contribution in [3.05, 3.63) is 93.5 Å². The van der Waals surface area contributed by atoms with Gasteiger partial charge < -0.3 is 0 Å². The second-order valence-corrected chi connectivity index (χ2v) is 7.86. The average molecular weight is 431 g/mol. The van der Waals surface area contributed by atoms with Gasteiger partial charge in [-0.25, -0.2) is 8.42 Å². The second-order valence-electron chi connectivity index (χ2n) is 5.80. The maximum atomic E-state index is 12.9. The van der Waals surface area contributed by atoms with E-state index in [4.69, 9.17) is 11.6 Å². The first kappa shape index (κ1) is 20.3. The van der Waals surface area contributed by atoms with Gasteiger partial charge in [-0.3, -0.25) is 20.3 Å². The lowest BCUT2D eigenvalue weighted by Crippen LogP contribution is -2.15. The molecule has 8 nitrogen and oxygen atoms in total. The van der Waals surface area contributed by atoms with E-state index in [2.05, 4.69) is 15.2 Å². The highest BCUT2D eigenvalue weighted by Crippen LogP contribution is 2.30. The fourth-order valence-corrected chi connectivity index (χ4v) is 3.89. The van der Waals surface area contributed by atoms with Crippen LogP contribution in [0.5, 0.6) is 0 Å². The molecular weight excluding hydrogens is 416 g/mol. The number of nitrogens with zero attached hydrogens (tertiary/aromatic N) is 2. The SMILES string of the molecule is O=[N+]([O-])c1ccc(N/N=C\c2ccccc2)c(S(=O)(=O)Nc2ccccc2Cl)c1. The van der Waals surface area contributed by atoms with Crippen LogP contribution in [0.15, 0.2) is 82.8 Å². The number of halogens is 1. The van der Waals surface area contributed by atoms with E-state index in [-0.39, 0.29) is 27.0 Å². The van der Waals surface area contributed by atoms with Crippen molar-refractivity contribution in [2.45, 2.75) is 4.90 Å². The van der Waals surface area contributed by atoms with Gasteiger partial charge in [0.05, 0.1) is 27.5 Å². The smallest absolute Gasteiger partial charge is 0.270 e. The summed E-state index contributed by atoms with van der Waals surface area (Å²) in [4.78, 5) is 10.1. The molecule has 0 fully saturated rings. The highest BCUT2D eigenvalue weighted by atomic mass is 35.5. The number of sulfonamides is 1. The summed E-state index contributed by atoms with van der Waals surface area (Å²) in [6, 6.07) is 18.8. The first-order valence-corrected chi connectivity index (χ1v) is 10.1. The third kappa shape index (κ3) is 5.09. The molecular formula is C19H15ClN4O4S. The molecule has 0 aliphatic carbocycles. The maximum absolute atomic E-state index is 12.9. The summed E-state index contributed by atoms with van der Waals surface area (Å²) in [5.41, 5.74) is 3.27. The molecule has 148 valence electrons. The van der Waals surface area contributed by atoms with Crippen LogP contribution in [0, 0.1) is 10.1 Å². The number of nitrogens with one attached hydrogen (secondary N) is 2. The number of hydrogen-bond donors (Lipinski definition) is 2. The minimum atomic E-state index is -4.19. The molecule has 0 saturated carbocycles. The van der Waals surface area contributed by atoms with Crippen molar-refractivity contribution >= 4 is 44.9 Å². The van der Waals surface area contributed by atoms with Crippen LogP contribution in [-0.4, -0.2) is 19.6 Å². The van der Waals surface area contributed by atoms with E-state index in [0.29, 0.717) is 0 Å². The molecule has 29 heavy (non-hydrogen) atoms. The Morgan fingerprint density at radius 1 is 0.966 bits per heavy atom. The lowest BCUT2D eigenvalue weighted by molar-refractivity contribution is -0.385. The van der Waals surface area contributed by atoms with Crippen molar-refractivity contribution in [2.75, 3.05) is 10.1 Å². The third-order valence-electron chi connectivity index (χ3n) is 3.78. The summed E-state index contributed by atoms with van der Waals surface area (Å²) >= 11 is 6.02. The number of benzene rings is 3. The molecule has 10 heteroatoms. The zero-order chi connectivity index (χ0) is 20.9. The second kappa shape index (κ2) is 8.72. The fourth-order valence-electron chi connectivity index (χ4n) is 2.40. The Kier molecular flexibility index (Phi) is 6.10. The molecule has 0 spiro atoms. The van der Waals surface area contributed by atoms with E-state index in [0.717, 1.165) is 11.6 Å². The van der Waals surface area contributed by atoms with Gasteiger partial charge in [-0.15, -0.1) is 0 Å². The van der Waals surface area contributed by atoms with Crippen LogP contribution in [0.2, 0.25) is 5.02 Å². The van der Waals surface area contributed by atoms with E-state index in [9.17, 15) is 18.5 Å². The summed E-state index contributed by atoms with van der Waals surface area (Å²) in [5.74, 6) is 0. The third-order valence-corrected chi connectivity index (χ3v) is 5.52. The van der Waals surface area contributed by atoms with Gasteiger partial charge >= 0.3 is 0 Å². The molecule has 0 amide bonds. The Morgan fingerprint density at radius 2 is 1.66 bits per heavy atom. The van der Waals surface area contributed by atoms with Crippen molar-refractivity contribution in [3.8, 4) is 0 Å². The van der Waals surface area contributed by atoms with Gasteiger partial charge in [0.2, 0.25) is 0 Å². The van der Waals surface area contributed by atoms with E-state index in [1.165, 1.54) is 30.5 Å². The predicted molar refractivity (Wildman–Crippen MR) is 113 cm³/mol. The monoisotopic (exact) mass is 430 g/mol. The van der Waals surface area contributed by atoms with Crippen LogP contribution >= 0.6 is 11.6 Å². The maximum Gasteiger partial charge on any atom is 0.270 e. The van der Waals surface area contributed by atoms with E-state index in [1.54, 1.807) is 12.1 Å². The van der Waals surface area contributed by atoms with Gasteiger partial charge in [0, 0.05) is 12.1 Å². The van der Waals surface area contributed by atoms with Crippen LogP contribution in [0.3, 0.4) is 0 Å². The van der Waals surface area contributed by atoms with Gasteiger partial charge in [0.15, 0.2) is 0 Å². The molecule has 3 aromatic rings. The Hall–Kier alpha value is -3.43. The molecule has 0 heterocycles. The summed E-state index contributed by atoms with van der Waals surface area (Å²) in [6.45, 7) is 0. The Labute approximate surface area is 172 Å². The summed E-state index contributed by atoms with van der Waals surface area (Å²) in [5, 5.41) is 15.3. The normalized spacial score (nSPS) is 11.3. The van der Waals surface area contributed by atoms with Crippen LogP contribution in [0.25, 0.3) is 0 Å². The Bertz CT molecular complexity index is 1170. The van der Waals surface area contributed by atoms with Gasteiger partial charge in [0.1, 0.15) is 4.90 Å². The number of nitro groups is 1. The van der Waals surface area contributed by atoms with Gasteiger partial charge in [-0.05, 0) is 23.8 Å². The van der Waals surface area contributed by atoms with Crippen LogP contribution in [0.1, 0.15) is 5.56 Å². The topological polar surface area (TPSA) is 114 Å². The first-order chi connectivity index (χ1) is 13.9. The zero-order valence-corrected chi connectivity index (χ0v) is 16.4. The van der Waals surface area contributed by atoms with Crippen molar-refractivity contribution in [3.63, 3.8) is 0 Å². The quantitative estimate of drug-likeness (QED) is 0.325. The van der Waals surface area contributed by atoms with E-state index >= 15 is 0 Å². The number of rotatable bonds is 7. The number of anilines is 2. The van der Waals surface area contributed by atoms with Crippen molar-refractivity contribution in [1.82, 2.24) is 0 Å². The standard InChI is InChI=1S/C19H15ClN4O4S/c20-16-8-4-5-9-17(16)23-29(27,28)19-12-15(24(25)26)10-11-18(19)22-21-13-14-6-2-1-3-7-14/h1-13,22-23H/b21-13-. The van der Waals surface area contributed by atoms with Crippen LogP contribution in [-0.2, 0) is 10.0 Å². The predicted octanol–water partition coefficient (Wildman–Crippen LogP) is 4.50. The lowest BCUT2D eigenvalue weighted by atomic mass is 10.2. The molecule has 0 aliphatic rings. The number of hydrazone groups is 1. The summed E-state index contributed by atoms with van der Waals surface area (Å²) in [6.07, 6.45) is 1.50. The molecule has 0 aromatic heterocycles. The van der Waals surface area contributed by atoms with Gasteiger partial charge in [-0.2, -0.15) is 5.10 Å². The van der Waals surface area contributed by atoms with E-state index < -0.39 is 14.9 Å². The highest BCUT2D eigenvalue weighted by Gasteiger charge is 2.23.